The number of anilines is 1. The van der Waals surface area contributed by atoms with Crippen LogP contribution in [0.2, 0.25) is 10.0 Å². The van der Waals surface area contributed by atoms with Gasteiger partial charge in [-0.25, -0.2) is 9.59 Å². The van der Waals surface area contributed by atoms with Crippen molar-refractivity contribution in [1.82, 2.24) is 20.1 Å². The van der Waals surface area contributed by atoms with E-state index in [-0.39, 0.29) is 45.8 Å². The molecule has 2 N–H and O–H groups in total. The molecule has 0 radical (unpaired) electrons. The second kappa shape index (κ2) is 14.0. The molecule has 0 unspecified atom stereocenters. The zero-order valence-electron chi connectivity index (χ0n) is 22.3. The summed E-state index contributed by atoms with van der Waals surface area (Å²) in [5.41, 5.74) is 0.751. The van der Waals surface area contributed by atoms with E-state index in [1.54, 1.807) is 45.4 Å². The summed E-state index contributed by atoms with van der Waals surface area (Å²) in [6.45, 7) is 6.96. The van der Waals surface area contributed by atoms with Crippen molar-refractivity contribution in [2.45, 2.75) is 44.6 Å². The predicted octanol–water partition coefficient (Wildman–Crippen LogP) is 4.89. The van der Waals surface area contributed by atoms with Gasteiger partial charge < -0.3 is 24.7 Å². The molecule has 1 atom stereocenters. The number of amides is 2. The van der Waals surface area contributed by atoms with E-state index in [0.29, 0.717) is 21.6 Å². The lowest BCUT2D eigenvalue weighted by Crippen LogP contribution is -2.25. The lowest BCUT2D eigenvalue weighted by Gasteiger charge is -2.12. The molecule has 0 aliphatic heterocycles. The molecule has 3 aromatic rings. The number of esters is 2. The maximum atomic E-state index is 13.1. The van der Waals surface area contributed by atoms with Crippen LogP contribution in [-0.2, 0) is 27.9 Å². The average Bonchev–Trinajstić information content (AvgIpc) is 3.41. The van der Waals surface area contributed by atoms with Gasteiger partial charge in [0.15, 0.2) is 11.0 Å². The van der Waals surface area contributed by atoms with Crippen LogP contribution in [-0.4, -0.2) is 57.0 Å². The van der Waals surface area contributed by atoms with Gasteiger partial charge in [-0.15, -0.1) is 21.5 Å². The minimum absolute atomic E-state index is 0.0659. The fourth-order valence-corrected chi connectivity index (χ4v) is 5.82. The molecule has 0 aliphatic rings. The lowest BCUT2D eigenvalue weighted by molar-refractivity contribution is -0.115. The molecule has 0 bridgehead atoms. The Kier molecular flexibility index (Phi) is 11.0. The second-order valence-corrected chi connectivity index (χ2v) is 11.4. The molecule has 15 heteroatoms. The first-order valence-electron chi connectivity index (χ1n) is 12.0. The number of ether oxygens (including phenoxy) is 2. The molecule has 214 valence electrons. The first-order valence-corrected chi connectivity index (χ1v) is 14.5. The summed E-state index contributed by atoms with van der Waals surface area (Å²) >= 11 is 14.1. The number of nitrogens with zero attached hydrogens (tertiary/aromatic N) is 3. The number of benzene rings is 1. The van der Waals surface area contributed by atoms with E-state index in [9.17, 15) is 19.2 Å². The average molecular weight is 629 g/mol. The smallest absolute Gasteiger partial charge is 0.348 e. The summed E-state index contributed by atoms with van der Waals surface area (Å²) in [7, 11) is 1.71. The monoisotopic (exact) mass is 627 g/mol. The maximum Gasteiger partial charge on any atom is 0.348 e. The van der Waals surface area contributed by atoms with E-state index in [2.05, 4.69) is 20.8 Å². The molecular formula is C25H27Cl2N5O6S2. The van der Waals surface area contributed by atoms with E-state index in [1.807, 2.05) is 0 Å². The van der Waals surface area contributed by atoms with Gasteiger partial charge in [-0.05, 0) is 51.5 Å². The Bertz CT molecular complexity index is 1440. The highest BCUT2D eigenvalue weighted by Crippen LogP contribution is 2.35. The molecule has 2 amide bonds. The van der Waals surface area contributed by atoms with E-state index in [4.69, 9.17) is 32.7 Å². The van der Waals surface area contributed by atoms with Gasteiger partial charge in [0, 0.05) is 12.1 Å². The largest absolute Gasteiger partial charge is 0.462 e. The van der Waals surface area contributed by atoms with Crippen molar-refractivity contribution in [1.29, 1.82) is 0 Å². The molecule has 1 aromatic carbocycles. The summed E-state index contributed by atoms with van der Waals surface area (Å²) in [6, 6.07) is 4.57. The van der Waals surface area contributed by atoms with E-state index >= 15 is 0 Å². The van der Waals surface area contributed by atoms with Gasteiger partial charge in [-0.2, -0.15) is 0 Å². The molecule has 0 saturated carbocycles. The number of thioether (sulfide) groups is 1. The fourth-order valence-electron chi connectivity index (χ4n) is 3.40. The van der Waals surface area contributed by atoms with Crippen molar-refractivity contribution in [2.75, 3.05) is 18.5 Å². The highest BCUT2D eigenvalue weighted by Gasteiger charge is 2.29. The number of hydrogen-bond donors (Lipinski definition) is 2. The standard InChI is InChI=1S/C25H27Cl2N5O6S2/c1-6-37-23(35)18-12(3)19(24(36)38-7-2)40-22(18)29-20(33)13(4)39-25-31-30-17(32(25)5)11-28-21(34)15-9-8-14(26)10-16(15)27/h8-10,13H,6-7,11H2,1-5H3,(H,28,34)(H,29,33)/t13-/m1/s1. The molecule has 40 heavy (non-hydrogen) atoms. The third-order valence-electron chi connectivity index (χ3n) is 5.48. The van der Waals surface area contributed by atoms with Gasteiger partial charge >= 0.3 is 11.9 Å². The van der Waals surface area contributed by atoms with E-state index in [0.717, 1.165) is 23.1 Å². The van der Waals surface area contributed by atoms with Gasteiger partial charge in [0.2, 0.25) is 5.91 Å². The molecule has 2 aromatic heterocycles. The Balaban J connectivity index is 1.70. The molecule has 2 heterocycles. The van der Waals surface area contributed by atoms with Crippen LogP contribution in [0, 0.1) is 6.92 Å². The van der Waals surface area contributed by atoms with Crippen LogP contribution >= 0.6 is 46.3 Å². The van der Waals surface area contributed by atoms with Gasteiger partial charge in [0.1, 0.15) is 9.88 Å². The normalized spacial score (nSPS) is 11.6. The van der Waals surface area contributed by atoms with Gasteiger partial charge in [0.05, 0.1) is 41.2 Å². The Morgan fingerprint density at radius 2 is 1.77 bits per heavy atom. The second-order valence-electron chi connectivity index (χ2n) is 8.22. The van der Waals surface area contributed by atoms with Crippen LogP contribution in [0.25, 0.3) is 0 Å². The summed E-state index contributed by atoms with van der Waals surface area (Å²) in [5, 5.41) is 14.3. The Morgan fingerprint density at radius 3 is 2.42 bits per heavy atom. The van der Waals surface area contributed by atoms with E-state index < -0.39 is 29.0 Å². The van der Waals surface area contributed by atoms with Crippen molar-refractivity contribution < 1.29 is 28.7 Å². The summed E-state index contributed by atoms with van der Waals surface area (Å²) in [5.74, 6) is -1.62. The SMILES string of the molecule is CCOC(=O)c1sc(NC(=O)[C@@H](C)Sc2nnc(CNC(=O)c3ccc(Cl)cc3Cl)n2C)c(C(=O)OCC)c1C. The molecule has 3 rings (SSSR count). The molecule has 0 spiro atoms. The predicted molar refractivity (Wildman–Crippen MR) is 154 cm³/mol. The number of hydrogen-bond acceptors (Lipinski definition) is 10. The van der Waals surface area contributed by atoms with Crippen LogP contribution < -0.4 is 10.6 Å². The van der Waals surface area contributed by atoms with Crippen molar-refractivity contribution in [3.63, 3.8) is 0 Å². The van der Waals surface area contributed by atoms with Crippen LogP contribution in [0.15, 0.2) is 23.4 Å². The van der Waals surface area contributed by atoms with Crippen molar-refractivity contribution in [2.24, 2.45) is 7.05 Å². The first kappa shape index (κ1) is 31.4. The molecule has 0 saturated heterocycles. The number of carbonyl (C=O) groups excluding carboxylic acids is 4. The molecule has 11 nitrogen and oxygen atoms in total. The molecular weight excluding hydrogens is 601 g/mol. The summed E-state index contributed by atoms with van der Waals surface area (Å²) in [6.07, 6.45) is 0. The number of rotatable bonds is 11. The summed E-state index contributed by atoms with van der Waals surface area (Å²) in [4.78, 5) is 50.8. The van der Waals surface area contributed by atoms with Gasteiger partial charge in [-0.3, -0.25) is 9.59 Å². The number of thiophene rings is 1. The van der Waals surface area contributed by atoms with Gasteiger partial charge in [0.25, 0.3) is 5.91 Å². The Hall–Kier alpha value is -3.13. The van der Waals surface area contributed by atoms with Gasteiger partial charge in [-0.1, -0.05) is 35.0 Å². The third-order valence-corrected chi connectivity index (χ3v) is 8.35. The Morgan fingerprint density at radius 1 is 1.10 bits per heavy atom. The summed E-state index contributed by atoms with van der Waals surface area (Å²) < 4.78 is 11.9. The van der Waals surface area contributed by atoms with Crippen molar-refractivity contribution >= 4 is 75.1 Å². The number of aromatic nitrogens is 3. The van der Waals surface area contributed by atoms with Crippen LogP contribution in [0.4, 0.5) is 5.00 Å². The maximum absolute atomic E-state index is 13.1. The van der Waals surface area contributed by atoms with E-state index in [1.165, 1.54) is 12.1 Å². The highest BCUT2D eigenvalue weighted by molar-refractivity contribution is 8.00. The minimum Gasteiger partial charge on any atom is -0.462 e. The lowest BCUT2D eigenvalue weighted by atomic mass is 10.1. The number of halogens is 2. The van der Waals surface area contributed by atoms with Crippen LogP contribution in [0.5, 0.6) is 0 Å². The Labute approximate surface area is 248 Å². The zero-order chi connectivity index (χ0) is 29.6. The van der Waals surface area contributed by atoms with Crippen LogP contribution in [0.1, 0.15) is 62.5 Å². The fraction of sp³-hybridized carbons (Fsp3) is 0.360. The topological polar surface area (TPSA) is 142 Å². The van der Waals surface area contributed by atoms with Crippen LogP contribution in [0.3, 0.4) is 0 Å². The minimum atomic E-state index is -0.665. The molecule has 0 aliphatic carbocycles. The van der Waals surface area contributed by atoms with Crippen molar-refractivity contribution in [3.05, 3.63) is 55.6 Å². The highest BCUT2D eigenvalue weighted by atomic mass is 35.5. The number of carbonyl (C=O) groups is 4. The first-order chi connectivity index (χ1) is 19.0. The molecule has 0 fully saturated rings. The quantitative estimate of drug-likeness (QED) is 0.224. The van der Waals surface area contributed by atoms with Crippen molar-refractivity contribution in [3.8, 4) is 0 Å². The number of nitrogens with one attached hydrogen (secondary N) is 2. The third kappa shape index (κ3) is 7.33. The zero-order valence-corrected chi connectivity index (χ0v) is 25.4.